The number of nitrogens with zero attached hydrogens (tertiary/aromatic N) is 1. The van der Waals surface area contributed by atoms with Crippen LogP contribution in [0.4, 0.5) is 0 Å². The van der Waals surface area contributed by atoms with Crippen molar-refractivity contribution in [1.82, 2.24) is 4.90 Å². The van der Waals surface area contributed by atoms with Gasteiger partial charge < -0.3 is 9.64 Å². The fraction of sp³-hybridized carbons (Fsp3) is 0.333. The molecule has 2 rings (SSSR count). The summed E-state index contributed by atoms with van der Waals surface area (Å²) < 4.78 is 5.95. The van der Waals surface area contributed by atoms with Crippen molar-refractivity contribution in [3.05, 3.63) is 64.7 Å². The lowest BCUT2D eigenvalue weighted by Gasteiger charge is -2.14. The smallest absolute Gasteiger partial charge is 0.122 e. The van der Waals surface area contributed by atoms with Crippen LogP contribution in [0.2, 0.25) is 5.02 Å². The summed E-state index contributed by atoms with van der Waals surface area (Å²) in [6.07, 6.45) is 1.85. The number of rotatable bonds is 7. The largest absolute Gasteiger partial charge is 0.493 e. The van der Waals surface area contributed by atoms with Crippen molar-refractivity contribution in [3.8, 4) is 5.75 Å². The Labute approximate surface area is 132 Å². The molecule has 0 N–H and O–H groups in total. The first-order valence-corrected chi connectivity index (χ1v) is 7.63. The third-order valence-electron chi connectivity index (χ3n) is 3.34. The average Bonchev–Trinajstić information content (AvgIpc) is 2.48. The molecular formula is C18H22ClNO. The molecule has 112 valence electrons. The van der Waals surface area contributed by atoms with Gasteiger partial charge in [0.15, 0.2) is 0 Å². The molecule has 0 heterocycles. The van der Waals surface area contributed by atoms with Crippen LogP contribution in [0, 0.1) is 0 Å². The second-order valence-corrected chi connectivity index (χ2v) is 5.83. The van der Waals surface area contributed by atoms with E-state index in [0.717, 1.165) is 30.2 Å². The van der Waals surface area contributed by atoms with Gasteiger partial charge in [-0.3, -0.25) is 0 Å². The lowest BCUT2D eigenvalue weighted by Crippen LogP contribution is -2.15. The van der Waals surface area contributed by atoms with E-state index in [1.807, 2.05) is 24.3 Å². The maximum atomic E-state index is 6.09. The molecule has 0 aromatic heterocycles. The van der Waals surface area contributed by atoms with Crippen molar-refractivity contribution < 1.29 is 4.74 Å². The molecule has 3 heteroatoms. The summed E-state index contributed by atoms with van der Waals surface area (Å²) >= 11 is 6.09. The predicted octanol–water partition coefficient (Wildman–Crippen LogP) is 4.07. The second kappa shape index (κ2) is 8.06. The molecule has 2 nitrogen and oxygen atoms in total. The van der Waals surface area contributed by atoms with Gasteiger partial charge in [0.05, 0.1) is 6.61 Å². The summed E-state index contributed by atoms with van der Waals surface area (Å²) in [5.74, 6) is 0.942. The zero-order valence-corrected chi connectivity index (χ0v) is 13.4. The van der Waals surface area contributed by atoms with E-state index in [1.54, 1.807) is 0 Å². The Kier molecular flexibility index (Phi) is 6.09. The van der Waals surface area contributed by atoms with Crippen LogP contribution >= 0.6 is 11.6 Å². The molecule has 0 atom stereocenters. The molecular weight excluding hydrogens is 282 g/mol. The van der Waals surface area contributed by atoms with Crippen molar-refractivity contribution in [2.24, 2.45) is 0 Å². The highest BCUT2D eigenvalue weighted by atomic mass is 35.5. The molecule has 0 spiro atoms. The number of hydrogen-bond donors (Lipinski definition) is 0. The van der Waals surface area contributed by atoms with Gasteiger partial charge in [0.25, 0.3) is 0 Å². The van der Waals surface area contributed by atoms with Crippen molar-refractivity contribution >= 4 is 11.6 Å². The van der Waals surface area contributed by atoms with E-state index in [-0.39, 0.29) is 0 Å². The highest BCUT2D eigenvalue weighted by Gasteiger charge is 2.06. The number of ether oxygens (including phenoxy) is 1. The molecule has 21 heavy (non-hydrogen) atoms. The minimum Gasteiger partial charge on any atom is -0.493 e. The molecule has 0 saturated heterocycles. The second-order valence-electron chi connectivity index (χ2n) is 5.39. The van der Waals surface area contributed by atoms with Crippen LogP contribution in [0.15, 0.2) is 48.5 Å². The fourth-order valence-electron chi connectivity index (χ4n) is 2.15. The van der Waals surface area contributed by atoms with Crippen LogP contribution in [0.1, 0.15) is 11.1 Å². The summed E-state index contributed by atoms with van der Waals surface area (Å²) in [5, 5.41) is 0.763. The molecule has 2 aromatic carbocycles. The first kappa shape index (κ1) is 15.9. The number of hydrogen-bond acceptors (Lipinski definition) is 2. The predicted molar refractivity (Wildman–Crippen MR) is 89.4 cm³/mol. The van der Waals surface area contributed by atoms with Gasteiger partial charge in [-0.2, -0.15) is 0 Å². The van der Waals surface area contributed by atoms with Gasteiger partial charge in [0.2, 0.25) is 0 Å². The highest BCUT2D eigenvalue weighted by molar-refractivity contribution is 6.30. The van der Waals surface area contributed by atoms with Crippen molar-refractivity contribution in [2.75, 3.05) is 27.2 Å². The molecule has 0 bridgehead atoms. The third-order valence-corrected chi connectivity index (χ3v) is 3.58. The van der Waals surface area contributed by atoms with Crippen molar-refractivity contribution in [3.63, 3.8) is 0 Å². The van der Waals surface area contributed by atoms with E-state index < -0.39 is 0 Å². The minimum atomic E-state index is 0.681. The average molecular weight is 304 g/mol. The van der Waals surface area contributed by atoms with Crippen molar-refractivity contribution in [1.29, 1.82) is 0 Å². The number of likely N-dealkylation sites (N-methyl/N-ethyl adjacent to an activating group) is 1. The normalized spacial score (nSPS) is 10.9. The van der Waals surface area contributed by atoms with Gasteiger partial charge in [0.1, 0.15) is 5.75 Å². The van der Waals surface area contributed by atoms with E-state index in [2.05, 4.69) is 43.3 Å². The molecule has 2 aromatic rings. The van der Waals surface area contributed by atoms with Crippen LogP contribution in [-0.2, 0) is 12.8 Å². The summed E-state index contributed by atoms with van der Waals surface area (Å²) in [7, 11) is 4.14. The lowest BCUT2D eigenvalue weighted by atomic mass is 10.1. The Morgan fingerprint density at radius 3 is 2.48 bits per heavy atom. The van der Waals surface area contributed by atoms with Gasteiger partial charge >= 0.3 is 0 Å². The quantitative estimate of drug-likeness (QED) is 0.764. The monoisotopic (exact) mass is 303 g/mol. The van der Waals surface area contributed by atoms with Gasteiger partial charge in [-0.1, -0.05) is 41.9 Å². The summed E-state index contributed by atoms with van der Waals surface area (Å²) in [6, 6.07) is 16.2. The van der Waals surface area contributed by atoms with E-state index in [4.69, 9.17) is 16.3 Å². The van der Waals surface area contributed by atoms with Crippen LogP contribution in [0.3, 0.4) is 0 Å². The zero-order chi connectivity index (χ0) is 15.1. The molecule has 0 radical (unpaired) electrons. The Morgan fingerprint density at radius 1 is 1.00 bits per heavy atom. The number of benzene rings is 2. The van der Waals surface area contributed by atoms with E-state index >= 15 is 0 Å². The maximum Gasteiger partial charge on any atom is 0.122 e. The summed E-state index contributed by atoms with van der Waals surface area (Å²) in [4.78, 5) is 2.16. The first-order valence-electron chi connectivity index (χ1n) is 7.25. The highest BCUT2D eigenvalue weighted by Crippen LogP contribution is 2.23. The van der Waals surface area contributed by atoms with Crippen LogP contribution < -0.4 is 4.74 Å². The minimum absolute atomic E-state index is 0.681. The molecule has 0 amide bonds. The maximum absolute atomic E-state index is 6.09. The van der Waals surface area contributed by atoms with Gasteiger partial charge in [0, 0.05) is 18.0 Å². The Balaban J connectivity index is 1.95. The summed E-state index contributed by atoms with van der Waals surface area (Å²) in [6.45, 7) is 1.66. The van der Waals surface area contributed by atoms with Gasteiger partial charge in [-0.15, -0.1) is 0 Å². The molecule has 0 aliphatic heterocycles. The van der Waals surface area contributed by atoms with Crippen LogP contribution in [0.25, 0.3) is 0 Å². The fourth-order valence-corrected chi connectivity index (χ4v) is 2.35. The molecule has 0 saturated carbocycles. The van der Waals surface area contributed by atoms with Crippen LogP contribution in [0.5, 0.6) is 5.75 Å². The molecule has 0 aliphatic carbocycles. The van der Waals surface area contributed by atoms with Crippen LogP contribution in [-0.4, -0.2) is 32.1 Å². The lowest BCUT2D eigenvalue weighted by molar-refractivity contribution is 0.316. The Hall–Kier alpha value is -1.51. The number of halogens is 1. The zero-order valence-electron chi connectivity index (χ0n) is 12.7. The SMILES string of the molecule is CN(C)CCc1cc(Cl)ccc1OCCc1ccccc1. The molecule has 0 aliphatic rings. The Morgan fingerprint density at radius 2 is 1.76 bits per heavy atom. The van der Waals surface area contributed by atoms with E-state index in [0.29, 0.717) is 6.61 Å². The van der Waals surface area contributed by atoms with Gasteiger partial charge in [-0.25, -0.2) is 0 Å². The first-order chi connectivity index (χ1) is 10.1. The third kappa shape index (κ3) is 5.41. The van der Waals surface area contributed by atoms with E-state index in [9.17, 15) is 0 Å². The van der Waals surface area contributed by atoms with E-state index in [1.165, 1.54) is 11.1 Å². The summed E-state index contributed by atoms with van der Waals surface area (Å²) in [5.41, 5.74) is 2.46. The van der Waals surface area contributed by atoms with Crippen molar-refractivity contribution in [2.45, 2.75) is 12.8 Å². The molecule has 0 fully saturated rings. The van der Waals surface area contributed by atoms with Gasteiger partial charge in [-0.05, 0) is 49.8 Å². The topological polar surface area (TPSA) is 12.5 Å². The Bertz CT molecular complexity index is 554. The standard InChI is InChI=1S/C18H22ClNO/c1-20(2)12-10-16-14-17(19)8-9-18(16)21-13-11-15-6-4-3-5-7-15/h3-9,14H,10-13H2,1-2H3. The molecule has 0 unspecified atom stereocenters.